The first-order chi connectivity index (χ1) is 5.15. The molecule has 1 aliphatic rings. The monoisotopic (exact) mass is 194 g/mol. The predicted octanol–water partition coefficient (Wildman–Crippen LogP) is 2.57. The Bertz CT molecular complexity index is 158. The van der Waals surface area contributed by atoms with E-state index in [-0.39, 0.29) is 16.9 Å². The third kappa shape index (κ3) is 2.11. The van der Waals surface area contributed by atoms with Gasteiger partial charge in [0, 0.05) is 7.11 Å². The summed E-state index contributed by atoms with van der Waals surface area (Å²) in [5, 5.41) is 0.0666. The zero-order chi connectivity index (χ0) is 8.43. The molecule has 1 fully saturated rings. The lowest BCUT2D eigenvalue weighted by Crippen LogP contribution is -2.33. The molecule has 1 nitrogen and oxygen atoms in total. The molecule has 0 radical (unpaired) electrons. The maximum absolute atomic E-state index is 5.99. The molecule has 1 saturated carbocycles. The fraction of sp³-hybridized carbons (Fsp3) is 0.750. The first kappa shape index (κ1) is 9.37. The third-order valence-corrected chi connectivity index (χ3v) is 2.99. The summed E-state index contributed by atoms with van der Waals surface area (Å²) in [7, 11) is 1.67. The second kappa shape index (κ2) is 3.79. The van der Waals surface area contributed by atoms with Crippen LogP contribution in [0.3, 0.4) is 0 Å². The molecule has 0 spiro atoms. The van der Waals surface area contributed by atoms with E-state index >= 15 is 0 Å². The van der Waals surface area contributed by atoms with Gasteiger partial charge in [0.25, 0.3) is 0 Å². The van der Waals surface area contributed by atoms with Crippen molar-refractivity contribution in [2.75, 3.05) is 7.11 Å². The second-order valence-corrected chi connectivity index (χ2v) is 3.94. The van der Waals surface area contributed by atoms with E-state index in [9.17, 15) is 0 Å². The molecule has 64 valence electrons. The van der Waals surface area contributed by atoms with Crippen LogP contribution < -0.4 is 0 Å². The molecular weight excluding hydrogens is 183 g/mol. The van der Waals surface area contributed by atoms with Crippen LogP contribution >= 0.6 is 23.2 Å². The van der Waals surface area contributed by atoms with E-state index in [1.54, 1.807) is 7.11 Å². The Hall–Kier alpha value is 0.280. The number of hydrogen-bond acceptors (Lipinski definition) is 1. The van der Waals surface area contributed by atoms with Crippen LogP contribution in [0.1, 0.15) is 12.8 Å². The minimum atomic E-state index is 0.0314. The van der Waals surface area contributed by atoms with Crippen molar-refractivity contribution in [2.24, 2.45) is 0 Å². The van der Waals surface area contributed by atoms with Crippen molar-refractivity contribution >= 4 is 23.2 Å². The van der Waals surface area contributed by atoms with Gasteiger partial charge in [-0.05, 0) is 12.8 Å². The van der Waals surface area contributed by atoms with Gasteiger partial charge in [-0.15, -0.1) is 23.2 Å². The normalized spacial score (nSPS) is 39.2. The highest BCUT2D eigenvalue weighted by atomic mass is 35.5. The maximum atomic E-state index is 5.99. The molecule has 3 atom stereocenters. The van der Waals surface area contributed by atoms with Crippen molar-refractivity contribution in [1.82, 2.24) is 0 Å². The number of ether oxygens (including phenoxy) is 1. The van der Waals surface area contributed by atoms with Gasteiger partial charge in [0.2, 0.25) is 0 Å². The lowest BCUT2D eigenvalue weighted by atomic mass is 9.93. The molecule has 1 aliphatic carbocycles. The highest BCUT2D eigenvalue weighted by Crippen LogP contribution is 2.31. The molecule has 0 aromatic carbocycles. The van der Waals surface area contributed by atoms with Gasteiger partial charge in [-0.2, -0.15) is 0 Å². The summed E-state index contributed by atoms with van der Waals surface area (Å²) in [5.41, 5.74) is 1.04. The van der Waals surface area contributed by atoms with E-state index in [1.807, 2.05) is 0 Å². The molecule has 0 heterocycles. The van der Waals surface area contributed by atoms with E-state index in [0.29, 0.717) is 0 Å². The summed E-state index contributed by atoms with van der Waals surface area (Å²) in [4.78, 5) is 0. The van der Waals surface area contributed by atoms with Crippen molar-refractivity contribution in [3.63, 3.8) is 0 Å². The largest absolute Gasteiger partial charge is 0.380 e. The Morgan fingerprint density at radius 1 is 1.55 bits per heavy atom. The van der Waals surface area contributed by atoms with E-state index < -0.39 is 0 Å². The average molecular weight is 195 g/mol. The van der Waals surface area contributed by atoms with Gasteiger partial charge in [-0.3, -0.25) is 0 Å². The number of halogens is 2. The molecule has 0 amide bonds. The highest BCUT2D eigenvalue weighted by molar-refractivity contribution is 6.25. The Labute approximate surface area is 77.3 Å². The van der Waals surface area contributed by atoms with Crippen LogP contribution in [0.5, 0.6) is 0 Å². The Morgan fingerprint density at radius 3 is 2.73 bits per heavy atom. The summed E-state index contributed by atoms with van der Waals surface area (Å²) >= 11 is 11.9. The van der Waals surface area contributed by atoms with Crippen molar-refractivity contribution in [3.05, 3.63) is 12.2 Å². The molecule has 3 unspecified atom stereocenters. The lowest BCUT2D eigenvalue weighted by molar-refractivity contribution is 0.0889. The van der Waals surface area contributed by atoms with Crippen LogP contribution in [-0.2, 0) is 4.74 Å². The topological polar surface area (TPSA) is 9.23 Å². The van der Waals surface area contributed by atoms with E-state index in [1.165, 1.54) is 0 Å². The standard InChI is InChI=1S/C8H12Cl2O/c1-5-3-8(11-2)7(10)4-6(5)9/h6-8H,1,3-4H2,2H3. The highest BCUT2D eigenvalue weighted by Gasteiger charge is 2.30. The first-order valence-electron chi connectivity index (χ1n) is 3.63. The van der Waals surface area contributed by atoms with E-state index in [4.69, 9.17) is 27.9 Å². The van der Waals surface area contributed by atoms with Crippen LogP contribution in [0.15, 0.2) is 12.2 Å². The summed E-state index contributed by atoms with van der Waals surface area (Å²) in [6.45, 7) is 3.86. The molecule has 3 heteroatoms. The third-order valence-electron chi connectivity index (χ3n) is 2.04. The number of alkyl halides is 2. The maximum Gasteiger partial charge on any atom is 0.0772 e. The summed E-state index contributed by atoms with van der Waals surface area (Å²) in [6, 6.07) is 0. The van der Waals surface area contributed by atoms with Gasteiger partial charge in [0.15, 0.2) is 0 Å². The van der Waals surface area contributed by atoms with E-state index in [0.717, 1.165) is 18.4 Å². The second-order valence-electron chi connectivity index (χ2n) is 2.86. The van der Waals surface area contributed by atoms with Gasteiger partial charge in [-0.25, -0.2) is 0 Å². The van der Waals surface area contributed by atoms with Crippen molar-refractivity contribution in [3.8, 4) is 0 Å². The quantitative estimate of drug-likeness (QED) is 0.461. The fourth-order valence-corrected chi connectivity index (χ4v) is 2.00. The molecule has 0 aliphatic heterocycles. The van der Waals surface area contributed by atoms with Crippen LogP contribution in [-0.4, -0.2) is 24.0 Å². The SMILES string of the molecule is C=C1CC(OC)C(Cl)CC1Cl. The van der Waals surface area contributed by atoms with Gasteiger partial charge < -0.3 is 4.74 Å². The van der Waals surface area contributed by atoms with Crippen molar-refractivity contribution < 1.29 is 4.74 Å². The molecule has 0 bridgehead atoms. The molecule has 11 heavy (non-hydrogen) atoms. The Kier molecular flexibility index (Phi) is 3.23. The lowest BCUT2D eigenvalue weighted by Gasteiger charge is -2.30. The molecule has 0 aromatic heterocycles. The summed E-state index contributed by atoms with van der Waals surface area (Å²) in [5.74, 6) is 0. The van der Waals surface area contributed by atoms with Crippen molar-refractivity contribution in [2.45, 2.75) is 29.7 Å². The number of methoxy groups -OCH3 is 1. The van der Waals surface area contributed by atoms with Crippen LogP contribution in [0.2, 0.25) is 0 Å². The van der Waals surface area contributed by atoms with E-state index in [2.05, 4.69) is 6.58 Å². The summed E-state index contributed by atoms with van der Waals surface area (Å²) in [6.07, 6.45) is 1.65. The van der Waals surface area contributed by atoms with Gasteiger partial charge >= 0.3 is 0 Å². The van der Waals surface area contributed by atoms with Crippen LogP contribution in [0.4, 0.5) is 0 Å². The molecule has 0 N–H and O–H groups in total. The molecule has 0 saturated heterocycles. The predicted molar refractivity (Wildman–Crippen MR) is 48.5 cm³/mol. The Balaban J connectivity index is 2.54. The number of hydrogen-bond donors (Lipinski definition) is 0. The smallest absolute Gasteiger partial charge is 0.0772 e. The minimum Gasteiger partial charge on any atom is -0.380 e. The van der Waals surface area contributed by atoms with Gasteiger partial charge in [-0.1, -0.05) is 12.2 Å². The zero-order valence-corrected chi connectivity index (χ0v) is 8.03. The Morgan fingerprint density at radius 2 is 2.18 bits per heavy atom. The molecule has 1 rings (SSSR count). The van der Waals surface area contributed by atoms with Gasteiger partial charge in [0.1, 0.15) is 0 Å². The first-order valence-corrected chi connectivity index (χ1v) is 4.51. The zero-order valence-electron chi connectivity index (χ0n) is 6.52. The molecule has 0 aromatic rings. The minimum absolute atomic E-state index is 0.0314. The fourth-order valence-electron chi connectivity index (χ4n) is 1.26. The van der Waals surface area contributed by atoms with Crippen molar-refractivity contribution in [1.29, 1.82) is 0 Å². The molecular formula is C8H12Cl2O. The number of rotatable bonds is 1. The average Bonchev–Trinajstić information content (AvgIpc) is 1.97. The summed E-state index contributed by atoms with van der Waals surface area (Å²) < 4.78 is 5.17. The van der Waals surface area contributed by atoms with Crippen LogP contribution in [0, 0.1) is 0 Å². The van der Waals surface area contributed by atoms with Gasteiger partial charge in [0.05, 0.1) is 16.9 Å². The van der Waals surface area contributed by atoms with Crippen LogP contribution in [0.25, 0.3) is 0 Å².